The van der Waals surface area contributed by atoms with Gasteiger partial charge in [0.2, 0.25) is 0 Å². The van der Waals surface area contributed by atoms with Gasteiger partial charge in [-0.25, -0.2) is 0 Å². The van der Waals surface area contributed by atoms with E-state index in [1.165, 1.54) is 0 Å². The summed E-state index contributed by atoms with van der Waals surface area (Å²) in [6.07, 6.45) is 4.62. The molecule has 1 aromatic carbocycles. The molecule has 0 bridgehead atoms. The Morgan fingerprint density at radius 2 is 1.95 bits per heavy atom. The highest BCUT2D eigenvalue weighted by Gasteiger charge is 2.42. The minimum absolute atomic E-state index is 0.305. The second-order valence-electron chi connectivity index (χ2n) is 6.80. The number of hydrogen-bond donors (Lipinski definition) is 0. The Morgan fingerprint density at radius 3 is 2.48 bits per heavy atom. The van der Waals surface area contributed by atoms with E-state index < -0.39 is 0 Å². The van der Waals surface area contributed by atoms with Gasteiger partial charge in [-0.3, -0.25) is 9.69 Å². The van der Waals surface area contributed by atoms with E-state index in [9.17, 15) is 4.79 Å². The molecule has 2 rings (SSSR count). The maximum atomic E-state index is 13.0. The van der Waals surface area contributed by atoms with Crippen molar-refractivity contribution in [3.05, 3.63) is 34.3 Å². The lowest BCUT2D eigenvalue weighted by atomic mass is 9.72. The number of aryl methyl sites for hydroxylation is 1. The van der Waals surface area contributed by atoms with Gasteiger partial charge in [0, 0.05) is 11.4 Å². The van der Waals surface area contributed by atoms with E-state index in [-0.39, 0.29) is 5.54 Å². The summed E-state index contributed by atoms with van der Waals surface area (Å²) in [5, 5.41) is 0.710. The summed E-state index contributed by atoms with van der Waals surface area (Å²) in [6, 6.07) is 5.96. The van der Waals surface area contributed by atoms with Gasteiger partial charge in [-0.1, -0.05) is 30.7 Å². The van der Waals surface area contributed by atoms with Gasteiger partial charge in [-0.15, -0.1) is 0 Å². The molecule has 3 heteroatoms. The molecule has 0 aliphatic heterocycles. The molecule has 0 heterocycles. The minimum Gasteiger partial charge on any atom is -0.297 e. The third kappa shape index (κ3) is 3.49. The van der Waals surface area contributed by atoms with Gasteiger partial charge in [0.25, 0.3) is 0 Å². The van der Waals surface area contributed by atoms with Gasteiger partial charge < -0.3 is 0 Å². The average molecular weight is 308 g/mol. The average Bonchev–Trinajstić information content (AvgIpc) is 2.42. The molecule has 21 heavy (non-hydrogen) atoms. The van der Waals surface area contributed by atoms with Gasteiger partial charge in [0.15, 0.2) is 5.78 Å². The lowest BCUT2D eigenvalue weighted by Crippen LogP contribution is -2.53. The molecule has 1 aliphatic rings. The summed E-state index contributed by atoms with van der Waals surface area (Å²) >= 11 is 6.29. The van der Waals surface area contributed by atoms with Gasteiger partial charge in [-0.2, -0.15) is 0 Å². The maximum absolute atomic E-state index is 13.0. The van der Waals surface area contributed by atoms with Crippen molar-refractivity contribution in [3.8, 4) is 0 Å². The first-order valence-electron chi connectivity index (χ1n) is 7.81. The molecular formula is C18H26ClNO. The summed E-state index contributed by atoms with van der Waals surface area (Å²) < 4.78 is 0. The van der Waals surface area contributed by atoms with Crippen molar-refractivity contribution in [1.29, 1.82) is 0 Å². The Morgan fingerprint density at radius 1 is 1.33 bits per heavy atom. The van der Waals surface area contributed by atoms with Crippen LogP contribution in [0.3, 0.4) is 0 Å². The smallest absolute Gasteiger partial charge is 0.157 e. The first-order valence-corrected chi connectivity index (χ1v) is 8.19. The summed E-state index contributed by atoms with van der Waals surface area (Å²) in [6.45, 7) is 4.29. The first-order chi connectivity index (χ1) is 9.85. The number of carbonyl (C=O) groups is 1. The largest absolute Gasteiger partial charge is 0.297 e. The highest BCUT2D eigenvalue weighted by Crippen LogP contribution is 2.37. The van der Waals surface area contributed by atoms with E-state index in [2.05, 4.69) is 11.8 Å². The second kappa shape index (κ2) is 6.50. The van der Waals surface area contributed by atoms with Crippen LogP contribution in [0.25, 0.3) is 0 Å². The molecule has 0 aromatic heterocycles. The van der Waals surface area contributed by atoms with Crippen LogP contribution in [-0.2, 0) is 11.2 Å². The number of rotatable bonds is 4. The highest BCUT2D eigenvalue weighted by atomic mass is 35.5. The maximum Gasteiger partial charge on any atom is 0.157 e. The fourth-order valence-electron chi connectivity index (χ4n) is 3.35. The van der Waals surface area contributed by atoms with Gasteiger partial charge in [0.1, 0.15) is 0 Å². The van der Waals surface area contributed by atoms with Crippen molar-refractivity contribution in [2.24, 2.45) is 5.92 Å². The molecule has 116 valence electrons. The number of likely N-dealkylation sites (N-methyl/N-ethyl adjacent to an activating group) is 1. The lowest BCUT2D eigenvalue weighted by Gasteiger charge is -2.43. The third-order valence-electron chi connectivity index (χ3n) is 5.04. The summed E-state index contributed by atoms with van der Waals surface area (Å²) in [5.74, 6) is 1.04. The SMILES string of the molecule is Cc1ccc(CC(=O)C2(N(C)C)CCC(C)CC2)c(Cl)c1. The molecule has 0 unspecified atom stereocenters. The molecule has 0 N–H and O–H groups in total. The van der Waals surface area contributed by atoms with Crippen LogP contribution < -0.4 is 0 Å². The van der Waals surface area contributed by atoms with Crippen molar-refractivity contribution in [2.75, 3.05) is 14.1 Å². The van der Waals surface area contributed by atoms with Crippen LogP contribution in [0.15, 0.2) is 18.2 Å². The fraction of sp³-hybridized carbons (Fsp3) is 0.611. The Balaban J connectivity index is 2.20. The van der Waals surface area contributed by atoms with Crippen molar-refractivity contribution >= 4 is 17.4 Å². The van der Waals surface area contributed by atoms with E-state index in [0.717, 1.165) is 42.7 Å². The normalized spacial score (nSPS) is 26.1. The highest BCUT2D eigenvalue weighted by molar-refractivity contribution is 6.31. The zero-order valence-corrected chi connectivity index (χ0v) is 14.3. The number of carbonyl (C=O) groups excluding carboxylic acids is 1. The van der Waals surface area contributed by atoms with Crippen molar-refractivity contribution in [3.63, 3.8) is 0 Å². The molecular weight excluding hydrogens is 282 g/mol. The number of hydrogen-bond acceptors (Lipinski definition) is 2. The Bertz CT molecular complexity index is 516. The Labute approximate surface area is 133 Å². The predicted octanol–water partition coefficient (Wildman–Crippen LogP) is 4.27. The van der Waals surface area contributed by atoms with Crippen LogP contribution in [-0.4, -0.2) is 30.3 Å². The predicted molar refractivity (Wildman–Crippen MR) is 89.0 cm³/mol. The van der Waals surface area contributed by atoms with Gasteiger partial charge >= 0.3 is 0 Å². The van der Waals surface area contributed by atoms with E-state index >= 15 is 0 Å². The lowest BCUT2D eigenvalue weighted by molar-refractivity contribution is -0.131. The van der Waals surface area contributed by atoms with E-state index in [0.29, 0.717) is 17.2 Å². The first kappa shape index (κ1) is 16.5. The van der Waals surface area contributed by atoms with E-state index in [4.69, 9.17) is 11.6 Å². The standard InChI is InChI=1S/C18H26ClNO/c1-13-7-9-18(10-8-13,20(3)4)17(21)12-15-6-5-14(2)11-16(15)19/h5-6,11,13H,7-10,12H2,1-4H3. The number of Topliss-reactive ketones (excluding diaryl/α,β-unsaturated/α-hetero) is 1. The summed E-state index contributed by atoms with van der Waals surface area (Å²) in [5.41, 5.74) is 1.78. The molecule has 1 aromatic rings. The molecule has 0 atom stereocenters. The summed E-state index contributed by atoms with van der Waals surface area (Å²) in [4.78, 5) is 15.1. The molecule has 0 saturated heterocycles. The van der Waals surface area contributed by atoms with Crippen LogP contribution in [0.5, 0.6) is 0 Å². The van der Waals surface area contributed by atoms with Crippen LogP contribution in [0.4, 0.5) is 0 Å². The van der Waals surface area contributed by atoms with Crippen molar-refractivity contribution < 1.29 is 4.79 Å². The molecule has 2 nitrogen and oxygen atoms in total. The number of benzene rings is 1. The summed E-state index contributed by atoms with van der Waals surface area (Å²) in [7, 11) is 4.06. The number of halogens is 1. The fourth-order valence-corrected chi connectivity index (χ4v) is 3.65. The van der Waals surface area contributed by atoms with Crippen molar-refractivity contribution in [2.45, 2.75) is 51.5 Å². The molecule has 1 aliphatic carbocycles. The van der Waals surface area contributed by atoms with E-state index in [1.807, 2.05) is 39.2 Å². The Hall–Kier alpha value is -0.860. The number of nitrogens with zero attached hydrogens (tertiary/aromatic N) is 1. The molecule has 1 saturated carbocycles. The molecule has 0 spiro atoms. The van der Waals surface area contributed by atoms with Crippen LogP contribution >= 0.6 is 11.6 Å². The van der Waals surface area contributed by atoms with Crippen LogP contribution in [0.1, 0.15) is 43.7 Å². The zero-order valence-electron chi connectivity index (χ0n) is 13.6. The van der Waals surface area contributed by atoms with Crippen LogP contribution in [0.2, 0.25) is 5.02 Å². The third-order valence-corrected chi connectivity index (χ3v) is 5.39. The monoisotopic (exact) mass is 307 g/mol. The topological polar surface area (TPSA) is 20.3 Å². The quantitative estimate of drug-likeness (QED) is 0.828. The zero-order chi connectivity index (χ0) is 15.6. The Kier molecular flexibility index (Phi) is 5.11. The van der Waals surface area contributed by atoms with E-state index in [1.54, 1.807) is 0 Å². The number of ketones is 1. The molecule has 1 fully saturated rings. The second-order valence-corrected chi connectivity index (χ2v) is 7.21. The minimum atomic E-state index is -0.305. The van der Waals surface area contributed by atoms with Gasteiger partial charge in [0.05, 0.1) is 5.54 Å². The van der Waals surface area contributed by atoms with Crippen molar-refractivity contribution in [1.82, 2.24) is 4.90 Å². The molecule has 0 amide bonds. The van der Waals surface area contributed by atoms with Crippen LogP contribution in [0, 0.1) is 12.8 Å². The molecule has 0 radical (unpaired) electrons. The van der Waals surface area contributed by atoms with Gasteiger partial charge in [-0.05, 0) is 69.8 Å².